The minimum absolute atomic E-state index is 0.0929. The van der Waals surface area contributed by atoms with Crippen LogP contribution in [0, 0.1) is 0 Å². The van der Waals surface area contributed by atoms with Crippen LogP contribution in [0.3, 0.4) is 0 Å². The largest absolute Gasteiger partial charge is 0.360 e. The number of nitrogens with zero attached hydrogens (tertiary/aromatic N) is 1. The summed E-state index contributed by atoms with van der Waals surface area (Å²) < 4.78 is 0. The standard InChI is InChI=1S/C23H29N3O2S/c1-19(27)21-7-9-22(10-8-21)26-14-12-25(13-15-26)17-23(28)24-11-16-29-18-20-5-3-2-4-6-20/h2-10H,11-18H2,1H3,(H,24,28)/p+1. The summed E-state index contributed by atoms with van der Waals surface area (Å²) in [6.45, 7) is 6.60. The summed E-state index contributed by atoms with van der Waals surface area (Å²) in [7, 11) is 0. The summed E-state index contributed by atoms with van der Waals surface area (Å²) in [5.74, 6) is 2.15. The van der Waals surface area contributed by atoms with E-state index in [1.165, 1.54) is 10.5 Å². The number of carbonyl (C=O) groups excluding carboxylic acids is 2. The van der Waals surface area contributed by atoms with E-state index < -0.39 is 0 Å². The van der Waals surface area contributed by atoms with Crippen LogP contribution < -0.4 is 15.1 Å². The van der Waals surface area contributed by atoms with Crippen LogP contribution in [-0.4, -0.2) is 56.7 Å². The van der Waals surface area contributed by atoms with E-state index in [-0.39, 0.29) is 11.7 Å². The molecule has 0 unspecified atom stereocenters. The zero-order valence-corrected chi connectivity index (χ0v) is 17.8. The van der Waals surface area contributed by atoms with E-state index in [9.17, 15) is 9.59 Å². The second kappa shape index (κ2) is 11.0. The van der Waals surface area contributed by atoms with Crippen molar-refractivity contribution in [3.8, 4) is 0 Å². The number of thioether (sulfide) groups is 1. The Hall–Kier alpha value is -2.31. The first kappa shape index (κ1) is 21.4. The number of amides is 1. The van der Waals surface area contributed by atoms with Crippen molar-refractivity contribution in [1.82, 2.24) is 5.32 Å². The summed E-state index contributed by atoms with van der Waals surface area (Å²) in [5.41, 5.74) is 3.22. The van der Waals surface area contributed by atoms with Crippen molar-refractivity contribution >= 4 is 29.1 Å². The molecule has 0 saturated carbocycles. The first-order valence-electron chi connectivity index (χ1n) is 10.2. The van der Waals surface area contributed by atoms with Crippen LogP contribution in [0.2, 0.25) is 0 Å². The zero-order chi connectivity index (χ0) is 20.5. The Morgan fingerprint density at radius 1 is 1.03 bits per heavy atom. The molecule has 2 aromatic carbocycles. The maximum Gasteiger partial charge on any atom is 0.275 e. The van der Waals surface area contributed by atoms with E-state index in [0.29, 0.717) is 6.54 Å². The molecule has 1 aliphatic heterocycles. The molecule has 5 nitrogen and oxygen atoms in total. The SMILES string of the molecule is CC(=O)c1ccc(N2CC[NH+](CC(=O)NCCSCc3ccccc3)CC2)cc1. The van der Waals surface area contributed by atoms with E-state index in [1.807, 2.05) is 42.1 Å². The van der Waals surface area contributed by atoms with Crippen molar-refractivity contribution in [2.75, 3.05) is 49.9 Å². The van der Waals surface area contributed by atoms with Gasteiger partial charge in [-0.2, -0.15) is 11.8 Å². The maximum atomic E-state index is 12.2. The van der Waals surface area contributed by atoms with Gasteiger partial charge in [0.2, 0.25) is 0 Å². The Bertz CT molecular complexity index is 788. The highest BCUT2D eigenvalue weighted by Crippen LogP contribution is 2.15. The molecule has 29 heavy (non-hydrogen) atoms. The number of nitrogens with one attached hydrogen (secondary N) is 2. The molecule has 0 atom stereocenters. The number of hydrogen-bond acceptors (Lipinski definition) is 4. The van der Waals surface area contributed by atoms with Gasteiger partial charge in [-0.3, -0.25) is 9.59 Å². The van der Waals surface area contributed by atoms with E-state index in [2.05, 4.69) is 34.5 Å². The maximum absolute atomic E-state index is 12.2. The molecule has 2 aromatic rings. The normalized spacial score (nSPS) is 14.6. The molecule has 3 rings (SSSR count). The molecule has 1 saturated heterocycles. The van der Waals surface area contributed by atoms with Crippen molar-refractivity contribution in [3.05, 3.63) is 65.7 Å². The summed E-state index contributed by atoms with van der Waals surface area (Å²) in [6.07, 6.45) is 0. The fourth-order valence-electron chi connectivity index (χ4n) is 3.48. The highest BCUT2D eigenvalue weighted by atomic mass is 32.2. The lowest BCUT2D eigenvalue weighted by Gasteiger charge is -2.33. The van der Waals surface area contributed by atoms with E-state index >= 15 is 0 Å². The Morgan fingerprint density at radius 3 is 2.38 bits per heavy atom. The van der Waals surface area contributed by atoms with Crippen LogP contribution in [0.25, 0.3) is 0 Å². The Labute approximate surface area is 177 Å². The molecule has 1 fully saturated rings. The van der Waals surface area contributed by atoms with Crippen molar-refractivity contribution in [2.24, 2.45) is 0 Å². The monoisotopic (exact) mass is 412 g/mol. The van der Waals surface area contributed by atoms with Gasteiger partial charge in [0.15, 0.2) is 12.3 Å². The second-order valence-electron chi connectivity index (χ2n) is 7.41. The van der Waals surface area contributed by atoms with Crippen LogP contribution in [0.4, 0.5) is 5.69 Å². The number of quaternary nitrogens is 1. The first-order chi connectivity index (χ1) is 14.1. The van der Waals surface area contributed by atoms with E-state index in [1.54, 1.807) is 6.92 Å². The van der Waals surface area contributed by atoms with Gasteiger partial charge in [0.25, 0.3) is 5.91 Å². The zero-order valence-electron chi connectivity index (χ0n) is 17.0. The quantitative estimate of drug-likeness (QED) is 0.486. The van der Waals surface area contributed by atoms with E-state index in [0.717, 1.165) is 55.5 Å². The molecule has 1 aliphatic rings. The summed E-state index contributed by atoms with van der Waals surface area (Å²) >= 11 is 1.85. The number of rotatable bonds is 9. The third kappa shape index (κ3) is 6.91. The molecular weight excluding hydrogens is 382 g/mol. The minimum Gasteiger partial charge on any atom is -0.360 e. The predicted molar refractivity (Wildman–Crippen MR) is 120 cm³/mol. The molecule has 6 heteroatoms. The van der Waals surface area contributed by atoms with Gasteiger partial charge in [-0.15, -0.1) is 0 Å². The van der Waals surface area contributed by atoms with Gasteiger partial charge < -0.3 is 15.1 Å². The molecule has 1 heterocycles. The fraction of sp³-hybridized carbons (Fsp3) is 0.391. The average Bonchev–Trinajstić information content (AvgIpc) is 2.75. The molecule has 0 bridgehead atoms. The van der Waals surface area contributed by atoms with Crippen LogP contribution in [-0.2, 0) is 10.5 Å². The smallest absolute Gasteiger partial charge is 0.275 e. The molecule has 2 N–H and O–H groups in total. The van der Waals surface area contributed by atoms with Gasteiger partial charge in [0.05, 0.1) is 26.2 Å². The van der Waals surface area contributed by atoms with Crippen molar-refractivity contribution in [1.29, 1.82) is 0 Å². The average molecular weight is 413 g/mol. The number of carbonyl (C=O) groups is 2. The van der Waals surface area contributed by atoms with Gasteiger partial charge in [-0.1, -0.05) is 30.3 Å². The number of hydrogen-bond donors (Lipinski definition) is 2. The van der Waals surface area contributed by atoms with Gasteiger partial charge in [0.1, 0.15) is 0 Å². The summed E-state index contributed by atoms with van der Waals surface area (Å²) in [4.78, 5) is 27.3. The summed E-state index contributed by atoms with van der Waals surface area (Å²) in [5, 5.41) is 3.05. The lowest BCUT2D eigenvalue weighted by molar-refractivity contribution is -0.892. The number of piperazine rings is 1. The van der Waals surface area contributed by atoms with Gasteiger partial charge in [-0.05, 0) is 36.8 Å². The van der Waals surface area contributed by atoms with Crippen molar-refractivity contribution in [2.45, 2.75) is 12.7 Å². The molecule has 0 radical (unpaired) electrons. The Morgan fingerprint density at radius 2 is 1.72 bits per heavy atom. The Balaban J connectivity index is 1.30. The predicted octanol–water partition coefficient (Wildman–Crippen LogP) is 1.64. The third-order valence-electron chi connectivity index (χ3n) is 5.20. The number of ketones is 1. The Kier molecular flexibility index (Phi) is 8.14. The molecule has 154 valence electrons. The lowest BCUT2D eigenvalue weighted by atomic mass is 10.1. The number of anilines is 1. The highest BCUT2D eigenvalue weighted by molar-refractivity contribution is 7.98. The van der Waals surface area contributed by atoms with Gasteiger partial charge in [-0.25, -0.2) is 0 Å². The molecule has 0 spiro atoms. The molecule has 0 aliphatic carbocycles. The molecule has 1 amide bonds. The number of benzene rings is 2. The second-order valence-corrected chi connectivity index (χ2v) is 8.51. The molecular formula is C23H30N3O2S+. The van der Waals surface area contributed by atoms with Gasteiger partial charge >= 0.3 is 0 Å². The highest BCUT2D eigenvalue weighted by Gasteiger charge is 2.22. The van der Waals surface area contributed by atoms with Crippen molar-refractivity contribution < 1.29 is 14.5 Å². The van der Waals surface area contributed by atoms with E-state index in [4.69, 9.17) is 0 Å². The lowest BCUT2D eigenvalue weighted by Crippen LogP contribution is -3.16. The third-order valence-corrected chi connectivity index (χ3v) is 6.23. The number of Topliss-reactive ketones (excluding diaryl/α,β-unsaturated/α-hetero) is 1. The minimum atomic E-state index is 0.0929. The van der Waals surface area contributed by atoms with Crippen LogP contribution in [0.1, 0.15) is 22.8 Å². The van der Waals surface area contributed by atoms with Gasteiger partial charge in [0, 0.05) is 29.3 Å². The van der Waals surface area contributed by atoms with Crippen LogP contribution >= 0.6 is 11.8 Å². The first-order valence-corrected chi connectivity index (χ1v) is 11.3. The van der Waals surface area contributed by atoms with Crippen molar-refractivity contribution in [3.63, 3.8) is 0 Å². The fourth-order valence-corrected chi connectivity index (χ4v) is 4.30. The summed E-state index contributed by atoms with van der Waals surface area (Å²) in [6, 6.07) is 18.2. The van der Waals surface area contributed by atoms with Crippen LogP contribution in [0.15, 0.2) is 54.6 Å². The topological polar surface area (TPSA) is 53.9 Å². The molecule has 0 aromatic heterocycles. The van der Waals surface area contributed by atoms with Crippen LogP contribution in [0.5, 0.6) is 0 Å².